The molecule has 1 aromatic carbocycles. The van der Waals surface area contributed by atoms with Gasteiger partial charge in [-0.05, 0) is 50.1 Å². The molecule has 0 aliphatic heterocycles. The summed E-state index contributed by atoms with van der Waals surface area (Å²) in [6.45, 7) is 2.49. The van der Waals surface area contributed by atoms with Gasteiger partial charge in [0.05, 0.1) is 23.0 Å². The first-order chi connectivity index (χ1) is 12.5. The van der Waals surface area contributed by atoms with Crippen molar-refractivity contribution >= 4 is 17.0 Å². The van der Waals surface area contributed by atoms with Gasteiger partial charge in [0.25, 0.3) is 0 Å². The Morgan fingerprint density at radius 1 is 1.31 bits per heavy atom. The SMILES string of the molecule is CCOC1([C@H](O)c2cnc3c(cnn3-c3ccc(C(=O)O)cc3)c2)CC1. The number of aromatic carboxylic acids is 1. The fourth-order valence-electron chi connectivity index (χ4n) is 3.23. The van der Waals surface area contributed by atoms with E-state index in [1.54, 1.807) is 29.2 Å². The molecular weight excluding hydrogens is 334 g/mol. The Balaban J connectivity index is 1.66. The van der Waals surface area contributed by atoms with Crippen molar-refractivity contribution in [3.63, 3.8) is 0 Å². The monoisotopic (exact) mass is 353 g/mol. The van der Waals surface area contributed by atoms with Crippen LogP contribution in [0.1, 0.15) is 41.8 Å². The van der Waals surface area contributed by atoms with E-state index in [2.05, 4.69) is 10.1 Å². The average molecular weight is 353 g/mol. The molecule has 2 N–H and O–H groups in total. The predicted octanol–water partition coefficient (Wildman–Crippen LogP) is 2.72. The van der Waals surface area contributed by atoms with Crippen molar-refractivity contribution in [3.8, 4) is 5.69 Å². The summed E-state index contributed by atoms with van der Waals surface area (Å²) >= 11 is 0. The molecular formula is C19H19N3O4. The molecule has 26 heavy (non-hydrogen) atoms. The smallest absolute Gasteiger partial charge is 0.335 e. The van der Waals surface area contributed by atoms with Crippen molar-refractivity contribution in [2.75, 3.05) is 6.61 Å². The van der Waals surface area contributed by atoms with Crippen LogP contribution in [0.4, 0.5) is 0 Å². The van der Waals surface area contributed by atoms with Crippen LogP contribution < -0.4 is 0 Å². The Labute approximate surface area is 149 Å². The van der Waals surface area contributed by atoms with Gasteiger partial charge in [-0.25, -0.2) is 14.5 Å². The number of fused-ring (bicyclic) bond motifs is 1. The van der Waals surface area contributed by atoms with Crippen molar-refractivity contribution < 1.29 is 19.7 Å². The molecule has 2 heterocycles. The molecule has 7 nitrogen and oxygen atoms in total. The molecule has 0 unspecified atom stereocenters. The van der Waals surface area contributed by atoms with Crippen LogP contribution in [0.25, 0.3) is 16.7 Å². The maximum atomic E-state index is 11.0. The number of aromatic nitrogens is 3. The molecule has 1 fully saturated rings. The van der Waals surface area contributed by atoms with Gasteiger partial charge >= 0.3 is 5.97 Å². The minimum atomic E-state index is -0.970. The predicted molar refractivity (Wildman–Crippen MR) is 94.4 cm³/mol. The Kier molecular flexibility index (Phi) is 3.97. The van der Waals surface area contributed by atoms with E-state index in [1.807, 2.05) is 13.0 Å². The lowest BCUT2D eigenvalue weighted by Crippen LogP contribution is -2.24. The highest BCUT2D eigenvalue weighted by atomic mass is 16.5. The van der Waals surface area contributed by atoms with Crippen molar-refractivity contribution in [2.45, 2.75) is 31.5 Å². The van der Waals surface area contributed by atoms with E-state index >= 15 is 0 Å². The maximum Gasteiger partial charge on any atom is 0.335 e. The highest BCUT2D eigenvalue weighted by Gasteiger charge is 2.50. The molecule has 1 aliphatic rings. The second kappa shape index (κ2) is 6.19. The number of carboxylic acids is 1. The highest BCUT2D eigenvalue weighted by molar-refractivity contribution is 5.88. The van der Waals surface area contributed by atoms with Gasteiger partial charge in [0, 0.05) is 23.8 Å². The highest BCUT2D eigenvalue weighted by Crippen LogP contribution is 2.49. The third-order valence-electron chi connectivity index (χ3n) is 4.78. The van der Waals surface area contributed by atoms with E-state index in [0.29, 0.717) is 17.8 Å². The maximum absolute atomic E-state index is 11.0. The van der Waals surface area contributed by atoms with Gasteiger partial charge < -0.3 is 14.9 Å². The first-order valence-electron chi connectivity index (χ1n) is 8.53. The number of rotatable bonds is 6. The molecule has 0 bridgehead atoms. The van der Waals surface area contributed by atoms with Crippen LogP contribution in [-0.4, -0.2) is 43.2 Å². The number of pyridine rings is 1. The molecule has 2 aromatic heterocycles. The van der Waals surface area contributed by atoms with Crippen molar-refractivity contribution in [1.82, 2.24) is 14.8 Å². The molecule has 1 aliphatic carbocycles. The minimum absolute atomic E-state index is 0.217. The number of benzene rings is 1. The summed E-state index contributed by atoms with van der Waals surface area (Å²) in [4.78, 5) is 15.4. The topological polar surface area (TPSA) is 97.5 Å². The van der Waals surface area contributed by atoms with Gasteiger partial charge in [-0.2, -0.15) is 5.10 Å². The number of hydrogen-bond donors (Lipinski definition) is 2. The quantitative estimate of drug-likeness (QED) is 0.707. The lowest BCUT2D eigenvalue weighted by atomic mass is 10.0. The molecule has 7 heteroatoms. The summed E-state index contributed by atoms with van der Waals surface area (Å²) in [5, 5.41) is 24.8. The molecule has 0 saturated heterocycles. The van der Waals surface area contributed by atoms with Crippen molar-refractivity contribution in [3.05, 3.63) is 53.9 Å². The van der Waals surface area contributed by atoms with E-state index in [9.17, 15) is 9.90 Å². The third-order valence-corrected chi connectivity index (χ3v) is 4.78. The number of aliphatic hydroxyl groups excluding tert-OH is 1. The van der Waals surface area contributed by atoms with E-state index in [0.717, 1.165) is 23.9 Å². The van der Waals surface area contributed by atoms with E-state index < -0.39 is 17.7 Å². The molecule has 0 spiro atoms. The lowest BCUT2D eigenvalue weighted by molar-refractivity contribution is -0.0542. The summed E-state index contributed by atoms with van der Waals surface area (Å²) < 4.78 is 7.37. The number of ether oxygens (including phenoxy) is 1. The Hall–Kier alpha value is -2.77. The summed E-state index contributed by atoms with van der Waals surface area (Å²) in [7, 11) is 0. The summed E-state index contributed by atoms with van der Waals surface area (Å²) in [6.07, 6.45) is 4.31. The van der Waals surface area contributed by atoms with Gasteiger partial charge in [0.2, 0.25) is 0 Å². The van der Waals surface area contributed by atoms with E-state index in [-0.39, 0.29) is 5.56 Å². The van der Waals surface area contributed by atoms with Gasteiger partial charge in [-0.3, -0.25) is 0 Å². The fourth-order valence-corrected chi connectivity index (χ4v) is 3.23. The van der Waals surface area contributed by atoms with Gasteiger partial charge in [-0.15, -0.1) is 0 Å². The Morgan fingerprint density at radius 3 is 2.65 bits per heavy atom. The zero-order chi connectivity index (χ0) is 18.3. The summed E-state index contributed by atoms with van der Waals surface area (Å²) in [5.74, 6) is -0.970. The van der Waals surface area contributed by atoms with Gasteiger partial charge in [0.15, 0.2) is 5.65 Å². The number of aliphatic hydroxyl groups is 1. The summed E-state index contributed by atoms with van der Waals surface area (Å²) in [5.41, 5.74) is 1.81. The normalized spacial score (nSPS) is 16.5. The fraction of sp³-hybridized carbons (Fsp3) is 0.316. The van der Waals surface area contributed by atoms with Crippen molar-refractivity contribution in [1.29, 1.82) is 0 Å². The van der Waals surface area contributed by atoms with Crippen LogP contribution in [0.5, 0.6) is 0 Å². The molecule has 0 radical (unpaired) electrons. The number of nitrogens with zero attached hydrogens (tertiary/aromatic N) is 3. The van der Waals surface area contributed by atoms with Crippen LogP contribution in [0.3, 0.4) is 0 Å². The van der Waals surface area contributed by atoms with Crippen LogP contribution in [0.2, 0.25) is 0 Å². The van der Waals surface area contributed by atoms with Gasteiger partial charge in [0.1, 0.15) is 6.10 Å². The molecule has 1 saturated carbocycles. The van der Waals surface area contributed by atoms with Crippen LogP contribution in [0, 0.1) is 0 Å². The molecule has 134 valence electrons. The number of carboxylic acid groups (broad SMARTS) is 1. The first-order valence-corrected chi connectivity index (χ1v) is 8.53. The van der Waals surface area contributed by atoms with Crippen LogP contribution in [-0.2, 0) is 4.74 Å². The number of hydrogen-bond acceptors (Lipinski definition) is 5. The van der Waals surface area contributed by atoms with Crippen LogP contribution >= 0.6 is 0 Å². The zero-order valence-electron chi connectivity index (χ0n) is 14.3. The molecule has 0 amide bonds. The zero-order valence-corrected chi connectivity index (χ0v) is 14.3. The average Bonchev–Trinajstić information content (AvgIpc) is 3.31. The largest absolute Gasteiger partial charge is 0.478 e. The molecule has 1 atom stereocenters. The second-order valence-electron chi connectivity index (χ2n) is 6.49. The van der Waals surface area contributed by atoms with Crippen molar-refractivity contribution in [2.24, 2.45) is 0 Å². The standard InChI is InChI=1S/C19H19N3O4/c1-2-26-19(7-8-19)16(23)13-9-14-11-21-22(17(14)20-10-13)15-5-3-12(4-6-15)18(24)25/h3-6,9-11,16,23H,2,7-8H2,1H3,(H,24,25)/t16-/m1/s1. The third kappa shape index (κ3) is 2.75. The lowest BCUT2D eigenvalue weighted by Gasteiger charge is -2.22. The minimum Gasteiger partial charge on any atom is -0.478 e. The Bertz CT molecular complexity index is 961. The Morgan fingerprint density at radius 2 is 2.04 bits per heavy atom. The number of carbonyl (C=O) groups is 1. The molecule has 3 aromatic rings. The first kappa shape index (κ1) is 16.7. The van der Waals surface area contributed by atoms with Gasteiger partial charge in [-0.1, -0.05) is 0 Å². The van der Waals surface area contributed by atoms with E-state index in [4.69, 9.17) is 9.84 Å². The summed E-state index contributed by atoms with van der Waals surface area (Å²) in [6, 6.07) is 8.31. The van der Waals surface area contributed by atoms with E-state index in [1.165, 1.54) is 12.1 Å². The van der Waals surface area contributed by atoms with Crippen LogP contribution in [0.15, 0.2) is 42.7 Å². The second-order valence-corrected chi connectivity index (χ2v) is 6.49. The molecule has 4 rings (SSSR count).